The summed E-state index contributed by atoms with van der Waals surface area (Å²) in [5.74, 6) is 2.59. The molecule has 0 amide bonds. The summed E-state index contributed by atoms with van der Waals surface area (Å²) in [7, 11) is 0. The van der Waals surface area contributed by atoms with Crippen molar-refractivity contribution in [3.8, 4) is 17.2 Å². The van der Waals surface area contributed by atoms with Crippen LogP contribution in [0.2, 0.25) is 0 Å². The molecule has 0 aliphatic heterocycles. The Hall–Kier alpha value is -3.14. The molecule has 3 rings (SSSR count). The first kappa shape index (κ1) is 20.6. The van der Waals surface area contributed by atoms with E-state index >= 15 is 0 Å². The van der Waals surface area contributed by atoms with Gasteiger partial charge in [0.25, 0.3) is 0 Å². The van der Waals surface area contributed by atoms with E-state index in [2.05, 4.69) is 31.3 Å². The maximum atomic E-state index is 5.82. The normalized spacial score (nSPS) is 11.5. The summed E-state index contributed by atoms with van der Waals surface area (Å²) in [4.78, 5) is 0. The van der Waals surface area contributed by atoms with Crippen molar-refractivity contribution in [2.24, 2.45) is 0 Å². The summed E-state index contributed by atoms with van der Waals surface area (Å²) < 4.78 is 17.3. The fourth-order valence-corrected chi connectivity index (χ4v) is 2.74. The lowest BCUT2D eigenvalue weighted by molar-refractivity contribution is 0.217. The molecular weight excluding hydrogens is 362 g/mol. The van der Waals surface area contributed by atoms with Gasteiger partial charge in [-0.15, -0.1) is 0 Å². The van der Waals surface area contributed by atoms with Gasteiger partial charge in [-0.05, 0) is 55.3 Å². The van der Waals surface area contributed by atoms with Gasteiger partial charge in [0.2, 0.25) is 0 Å². The zero-order valence-corrected chi connectivity index (χ0v) is 17.1. The number of nitrogens with one attached hydrogen (secondary N) is 1. The molecule has 4 nitrogen and oxygen atoms in total. The van der Waals surface area contributed by atoms with Crippen molar-refractivity contribution >= 4 is 5.69 Å². The molecule has 152 valence electrons. The molecule has 1 N–H and O–H groups in total. The lowest BCUT2D eigenvalue weighted by atomic mass is 10.2. The maximum Gasteiger partial charge on any atom is 0.122 e. The van der Waals surface area contributed by atoms with Crippen molar-refractivity contribution in [3.05, 3.63) is 84.4 Å². The zero-order chi connectivity index (χ0) is 20.3. The molecule has 0 bridgehead atoms. The number of rotatable bonds is 11. The number of benzene rings is 3. The van der Waals surface area contributed by atoms with E-state index in [4.69, 9.17) is 14.2 Å². The zero-order valence-electron chi connectivity index (χ0n) is 17.1. The summed E-state index contributed by atoms with van der Waals surface area (Å²) in [5.41, 5.74) is 2.22. The van der Waals surface area contributed by atoms with Gasteiger partial charge < -0.3 is 19.5 Å². The molecule has 3 aromatic rings. The quantitative estimate of drug-likeness (QED) is 0.411. The second-order valence-electron chi connectivity index (χ2n) is 6.87. The van der Waals surface area contributed by atoms with E-state index in [1.807, 2.05) is 66.7 Å². The van der Waals surface area contributed by atoms with Crippen molar-refractivity contribution in [1.29, 1.82) is 0 Å². The van der Waals surface area contributed by atoms with Crippen molar-refractivity contribution in [1.82, 2.24) is 0 Å². The van der Waals surface area contributed by atoms with Gasteiger partial charge in [-0.1, -0.05) is 43.3 Å². The topological polar surface area (TPSA) is 39.7 Å². The van der Waals surface area contributed by atoms with Crippen molar-refractivity contribution < 1.29 is 14.2 Å². The molecule has 1 unspecified atom stereocenters. The minimum absolute atomic E-state index is 0.236. The molecule has 1 atom stereocenters. The van der Waals surface area contributed by atoms with E-state index in [1.54, 1.807) is 0 Å². The lowest BCUT2D eigenvalue weighted by Gasteiger charge is -2.13. The minimum atomic E-state index is 0.236. The van der Waals surface area contributed by atoms with Crippen LogP contribution in [0.1, 0.15) is 25.8 Å². The largest absolute Gasteiger partial charge is 0.491 e. The third kappa shape index (κ3) is 7.07. The van der Waals surface area contributed by atoms with Crippen molar-refractivity contribution in [2.75, 3.05) is 18.5 Å². The fourth-order valence-electron chi connectivity index (χ4n) is 2.74. The molecule has 0 aliphatic rings. The van der Waals surface area contributed by atoms with Crippen LogP contribution in [0.4, 0.5) is 5.69 Å². The van der Waals surface area contributed by atoms with E-state index in [-0.39, 0.29) is 6.10 Å². The Kier molecular flexibility index (Phi) is 7.81. The predicted molar refractivity (Wildman–Crippen MR) is 118 cm³/mol. The van der Waals surface area contributed by atoms with E-state index in [0.717, 1.165) is 35.9 Å². The molecule has 0 heterocycles. The molecule has 0 saturated heterocycles. The molecule has 0 saturated carbocycles. The molecule has 29 heavy (non-hydrogen) atoms. The van der Waals surface area contributed by atoms with Crippen LogP contribution in [-0.2, 0) is 6.54 Å². The minimum Gasteiger partial charge on any atom is -0.491 e. The Labute approximate surface area is 173 Å². The molecule has 0 spiro atoms. The van der Waals surface area contributed by atoms with Gasteiger partial charge in [-0.3, -0.25) is 0 Å². The molecule has 0 aromatic heterocycles. The van der Waals surface area contributed by atoms with Crippen LogP contribution in [0.25, 0.3) is 0 Å². The third-order valence-electron chi connectivity index (χ3n) is 4.53. The smallest absolute Gasteiger partial charge is 0.122 e. The summed E-state index contributed by atoms with van der Waals surface area (Å²) >= 11 is 0. The number of hydrogen-bond donors (Lipinski definition) is 1. The highest BCUT2D eigenvalue weighted by molar-refractivity contribution is 5.48. The van der Waals surface area contributed by atoms with Crippen LogP contribution in [0.15, 0.2) is 78.9 Å². The Morgan fingerprint density at radius 1 is 0.759 bits per heavy atom. The summed E-state index contributed by atoms with van der Waals surface area (Å²) in [6.07, 6.45) is 1.24. The standard InChI is InChI=1S/C25H29NO3/c1-3-20(2)29-24-14-12-21(13-15-24)19-26-22-8-7-11-25(18-22)28-17-16-27-23-9-5-4-6-10-23/h4-15,18,20,26H,3,16-17,19H2,1-2H3. The highest BCUT2D eigenvalue weighted by atomic mass is 16.5. The monoisotopic (exact) mass is 391 g/mol. The predicted octanol–water partition coefficient (Wildman–Crippen LogP) is 5.93. The molecule has 0 radical (unpaired) electrons. The molecule has 3 aromatic carbocycles. The van der Waals surface area contributed by atoms with Crippen molar-refractivity contribution in [3.63, 3.8) is 0 Å². The second kappa shape index (κ2) is 11.0. The lowest BCUT2D eigenvalue weighted by Crippen LogP contribution is -2.09. The molecule has 0 fully saturated rings. The summed E-state index contributed by atoms with van der Waals surface area (Å²) in [5, 5.41) is 3.44. The molecular formula is C25H29NO3. The first-order valence-electron chi connectivity index (χ1n) is 10.1. The average Bonchev–Trinajstić information content (AvgIpc) is 2.77. The van der Waals surface area contributed by atoms with E-state index in [9.17, 15) is 0 Å². The first-order valence-corrected chi connectivity index (χ1v) is 10.1. The Morgan fingerprint density at radius 3 is 2.17 bits per heavy atom. The van der Waals surface area contributed by atoms with Gasteiger partial charge in [-0.2, -0.15) is 0 Å². The average molecular weight is 392 g/mol. The molecule has 0 aliphatic carbocycles. The van der Waals surface area contributed by atoms with Crippen LogP contribution in [0, 0.1) is 0 Å². The number of ether oxygens (including phenoxy) is 3. The molecule has 4 heteroatoms. The maximum absolute atomic E-state index is 5.82. The van der Waals surface area contributed by atoms with Gasteiger partial charge in [0, 0.05) is 18.3 Å². The van der Waals surface area contributed by atoms with Crippen LogP contribution >= 0.6 is 0 Å². The van der Waals surface area contributed by atoms with Gasteiger partial charge in [0.15, 0.2) is 0 Å². The third-order valence-corrected chi connectivity index (χ3v) is 4.53. The van der Waals surface area contributed by atoms with Gasteiger partial charge >= 0.3 is 0 Å². The highest BCUT2D eigenvalue weighted by Crippen LogP contribution is 2.19. The number of para-hydroxylation sites is 1. The highest BCUT2D eigenvalue weighted by Gasteiger charge is 2.02. The van der Waals surface area contributed by atoms with Gasteiger partial charge in [0.1, 0.15) is 30.5 Å². The summed E-state index contributed by atoms with van der Waals surface area (Å²) in [6.45, 7) is 5.95. The fraction of sp³-hybridized carbons (Fsp3) is 0.280. The van der Waals surface area contributed by atoms with Crippen LogP contribution in [-0.4, -0.2) is 19.3 Å². The number of hydrogen-bond acceptors (Lipinski definition) is 4. The first-order chi connectivity index (χ1) is 14.2. The van der Waals surface area contributed by atoms with Crippen molar-refractivity contribution in [2.45, 2.75) is 32.9 Å². The van der Waals surface area contributed by atoms with Crippen LogP contribution in [0.3, 0.4) is 0 Å². The van der Waals surface area contributed by atoms with Gasteiger partial charge in [-0.25, -0.2) is 0 Å². The second-order valence-corrected chi connectivity index (χ2v) is 6.87. The van der Waals surface area contributed by atoms with Crippen LogP contribution < -0.4 is 19.5 Å². The van der Waals surface area contributed by atoms with E-state index in [0.29, 0.717) is 13.2 Å². The van der Waals surface area contributed by atoms with E-state index in [1.165, 1.54) is 5.56 Å². The Morgan fingerprint density at radius 2 is 1.45 bits per heavy atom. The SMILES string of the molecule is CCC(C)Oc1ccc(CNc2cccc(OCCOc3ccccc3)c2)cc1. The Balaban J connectivity index is 1.43. The summed E-state index contributed by atoms with van der Waals surface area (Å²) in [6, 6.07) is 26.0. The van der Waals surface area contributed by atoms with Crippen LogP contribution in [0.5, 0.6) is 17.2 Å². The van der Waals surface area contributed by atoms with Gasteiger partial charge in [0.05, 0.1) is 6.10 Å². The Bertz CT molecular complexity index is 849. The number of anilines is 1. The van der Waals surface area contributed by atoms with E-state index < -0.39 is 0 Å².